The number of carbonyl (C=O) groups excluding carboxylic acids is 1. The third-order valence-corrected chi connectivity index (χ3v) is 5.86. The standard InChI is InChI=1S/C19H12BrClN4OS/c20-16-4-2-1-3-14(16)17(26)10-27-19-15-9-24-25(18(15)22-11-23-19)13-7-5-12(21)6-8-13/h1-9,11H,10H2. The summed E-state index contributed by atoms with van der Waals surface area (Å²) in [5.74, 6) is 0.310. The molecule has 0 fully saturated rings. The number of thioether (sulfide) groups is 1. The van der Waals surface area contributed by atoms with Gasteiger partial charge in [0.25, 0.3) is 0 Å². The second kappa shape index (κ2) is 7.80. The third-order valence-electron chi connectivity index (χ3n) is 3.91. The van der Waals surface area contributed by atoms with Gasteiger partial charge in [0.05, 0.1) is 23.0 Å². The molecule has 5 nitrogen and oxygen atoms in total. The molecule has 134 valence electrons. The van der Waals surface area contributed by atoms with E-state index in [1.54, 1.807) is 29.1 Å². The number of aromatic nitrogens is 4. The van der Waals surface area contributed by atoms with E-state index in [0.717, 1.165) is 20.6 Å². The smallest absolute Gasteiger partial charge is 0.174 e. The van der Waals surface area contributed by atoms with Crippen LogP contribution < -0.4 is 0 Å². The Morgan fingerprint density at radius 2 is 1.89 bits per heavy atom. The summed E-state index contributed by atoms with van der Waals surface area (Å²) < 4.78 is 2.52. The molecular formula is C19H12BrClN4OS. The molecular weight excluding hydrogens is 448 g/mol. The lowest BCUT2D eigenvalue weighted by atomic mass is 10.1. The second-order valence-corrected chi connectivity index (χ2v) is 7.90. The quantitative estimate of drug-likeness (QED) is 0.233. The Morgan fingerprint density at radius 1 is 1.11 bits per heavy atom. The van der Waals surface area contributed by atoms with Crippen molar-refractivity contribution >= 4 is 56.1 Å². The summed E-state index contributed by atoms with van der Waals surface area (Å²) in [6.07, 6.45) is 3.21. The molecule has 0 saturated heterocycles. The summed E-state index contributed by atoms with van der Waals surface area (Å²) in [6, 6.07) is 14.8. The number of hydrogen-bond donors (Lipinski definition) is 0. The first-order valence-corrected chi connectivity index (χ1v) is 10.1. The van der Waals surface area contributed by atoms with Gasteiger partial charge < -0.3 is 0 Å². The summed E-state index contributed by atoms with van der Waals surface area (Å²) in [7, 11) is 0. The van der Waals surface area contributed by atoms with Gasteiger partial charge in [-0.2, -0.15) is 5.10 Å². The fourth-order valence-corrected chi connectivity index (χ4v) is 4.08. The van der Waals surface area contributed by atoms with Gasteiger partial charge in [0.1, 0.15) is 11.4 Å². The molecule has 0 amide bonds. The Labute approximate surface area is 172 Å². The fraction of sp³-hybridized carbons (Fsp3) is 0.0526. The minimum Gasteiger partial charge on any atom is -0.293 e. The molecule has 0 bridgehead atoms. The number of hydrogen-bond acceptors (Lipinski definition) is 5. The minimum absolute atomic E-state index is 0.0318. The number of Topliss-reactive ketones (excluding diaryl/α,β-unsaturated/α-hetero) is 1. The lowest BCUT2D eigenvalue weighted by Gasteiger charge is -2.05. The van der Waals surface area contributed by atoms with Crippen molar-refractivity contribution in [1.29, 1.82) is 0 Å². The van der Waals surface area contributed by atoms with Crippen LogP contribution in [0.25, 0.3) is 16.7 Å². The van der Waals surface area contributed by atoms with Crippen LogP contribution in [0.15, 0.2) is 70.6 Å². The Hall–Kier alpha value is -2.22. The highest BCUT2D eigenvalue weighted by Gasteiger charge is 2.15. The number of halogens is 2. The van der Waals surface area contributed by atoms with Crippen molar-refractivity contribution in [3.63, 3.8) is 0 Å². The van der Waals surface area contributed by atoms with Crippen molar-refractivity contribution in [2.45, 2.75) is 5.03 Å². The summed E-state index contributed by atoms with van der Waals surface area (Å²) in [4.78, 5) is 21.2. The normalized spacial score (nSPS) is 11.0. The molecule has 4 aromatic rings. The van der Waals surface area contributed by atoms with Crippen molar-refractivity contribution in [1.82, 2.24) is 19.7 Å². The zero-order valence-electron chi connectivity index (χ0n) is 13.8. The Balaban J connectivity index is 1.61. The Morgan fingerprint density at radius 3 is 2.67 bits per heavy atom. The number of fused-ring (bicyclic) bond motifs is 1. The van der Waals surface area contributed by atoms with Crippen molar-refractivity contribution in [3.8, 4) is 5.69 Å². The molecule has 8 heteroatoms. The number of ketones is 1. The molecule has 2 aromatic carbocycles. The number of nitrogens with zero attached hydrogens (tertiary/aromatic N) is 4. The monoisotopic (exact) mass is 458 g/mol. The van der Waals surface area contributed by atoms with Crippen molar-refractivity contribution < 1.29 is 4.79 Å². The minimum atomic E-state index is 0.0318. The van der Waals surface area contributed by atoms with Crippen LogP contribution >= 0.6 is 39.3 Å². The van der Waals surface area contributed by atoms with Gasteiger partial charge in [-0.15, -0.1) is 0 Å². The Bertz CT molecular complexity index is 1130. The van der Waals surface area contributed by atoms with Crippen LogP contribution in [0.4, 0.5) is 0 Å². The van der Waals surface area contributed by atoms with Gasteiger partial charge >= 0.3 is 0 Å². The largest absolute Gasteiger partial charge is 0.293 e. The summed E-state index contributed by atoms with van der Waals surface area (Å²) in [5.41, 5.74) is 2.20. The molecule has 0 atom stereocenters. The third kappa shape index (κ3) is 3.76. The van der Waals surface area contributed by atoms with Gasteiger partial charge in [-0.3, -0.25) is 4.79 Å². The molecule has 0 unspecified atom stereocenters. The summed E-state index contributed by atoms with van der Waals surface area (Å²) in [5, 5.41) is 6.61. The van der Waals surface area contributed by atoms with E-state index in [0.29, 0.717) is 16.2 Å². The van der Waals surface area contributed by atoms with E-state index < -0.39 is 0 Å². The number of rotatable bonds is 5. The van der Waals surface area contributed by atoms with E-state index in [-0.39, 0.29) is 11.5 Å². The van der Waals surface area contributed by atoms with E-state index in [1.807, 2.05) is 30.3 Å². The van der Waals surface area contributed by atoms with Crippen molar-refractivity contribution in [2.24, 2.45) is 0 Å². The SMILES string of the molecule is O=C(CSc1ncnc2c1cnn2-c1ccc(Cl)cc1)c1ccccc1Br. The van der Waals surface area contributed by atoms with E-state index in [9.17, 15) is 4.79 Å². The average molecular weight is 460 g/mol. The number of benzene rings is 2. The van der Waals surface area contributed by atoms with Crippen LogP contribution in [-0.4, -0.2) is 31.3 Å². The highest BCUT2D eigenvalue weighted by atomic mass is 79.9. The molecule has 4 rings (SSSR count). The van der Waals surface area contributed by atoms with Crippen molar-refractivity contribution in [2.75, 3.05) is 5.75 Å². The van der Waals surface area contributed by atoms with E-state index in [4.69, 9.17) is 11.6 Å². The zero-order chi connectivity index (χ0) is 18.8. The molecule has 0 N–H and O–H groups in total. The highest BCUT2D eigenvalue weighted by Crippen LogP contribution is 2.27. The van der Waals surface area contributed by atoms with Crippen LogP contribution in [0.3, 0.4) is 0 Å². The molecule has 2 heterocycles. The maximum atomic E-state index is 12.5. The first-order valence-electron chi connectivity index (χ1n) is 7.98. The van der Waals surface area contributed by atoms with Gasteiger partial charge in [0, 0.05) is 15.1 Å². The molecule has 0 saturated carbocycles. The average Bonchev–Trinajstić information content (AvgIpc) is 3.12. The van der Waals surface area contributed by atoms with E-state index >= 15 is 0 Å². The molecule has 27 heavy (non-hydrogen) atoms. The lowest BCUT2D eigenvalue weighted by molar-refractivity contribution is 0.102. The summed E-state index contributed by atoms with van der Waals surface area (Å²) in [6.45, 7) is 0. The second-order valence-electron chi connectivity index (χ2n) is 5.64. The van der Waals surface area contributed by atoms with Gasteiger partial charge in [-0.05, 0) is 30.3 Å². The molecule has 0 aliphatic carbocycles. The lowest BCUT2D eigenvalue weighted by Crippen LogP contribution is -2.04. The maximum Gasteiger partial charge on any atom is 0.174 e. The van der Waals surface area contributed by atoms with Gasteiger partial charge in [0.15, 0.2) is 11.4 Å². The van der Waals surface area contributed by atoms with E-state index in [1.165, 1.54) is 18.1 Å². The molecule has 0 aliphatic rings. The zero-order valence-corrected chi connectivity index (χ0v) is 17.0. The molecule has 0 aliphatic heterocycles. The van der Waals surface area contributed by atoms with Crippen LogP contribution in [0.2, 0.25) is 5.02 Å². The molecule has 2 aromatic heterocycles. The topological polar surface area (TPSA) is 60.7 Å². The van der Waals surface area contributed by atoms with E-state index in [2.05, 4.69) is 31.0 Å². The van der Waals surface area contributed by atoms with Gasteiger partial charge in [-0.25, -0.2) is 14.6 Å². The summed E-state index contributed by atoms with van der Waals surface area (Å²) >= 11 is 10.8. The van der Waals surface area contributed by atoms with Gasteiger partial charge in [0.2, 0.25) is 0 Å². The van der Waals surface area contributed by atoms with Gasteiger partial charge in [-0.1, -0.05) is 57.5 Å². The maximum absolute atomic E-state index is 12.5. The van der Waals surface area contributed by atoms with Crippen LogP contribution in [0.1, 0.15) is 10.4 Å². The van der Waals surface area contributed by atoms with Crippen molar-refractivity contribution in [3.05, 3.63) is 76.1 Å². The predicted molar refractivity (Wildman–Crippen MR) is 111 cm³/mol. The number of carbonyl (C=O) groups is 1. The van der Waals surface area contributed by atoms with Crippen LogP contribution in [0, 0.1) is 0 Å². The fourth-order valence-electron chi connectivity index (χ4n) is 2.61. The molecule has 0 radical (unpaired) electrons. The predicted octanol–water partition coefficient (Wildman–Crippen LogP) is 5.21. The Kier molecular flexibility index (Phi) is 5.24. The first-order chi connectivity index (χ1) is 13.1. The van der Waals surface area contributed by atoms with Crippen LogP contribution in [-0.2, 0) is 0 Å². The van der Waals surface area contributed by atoms with Crippen LogP contribution in [0.5, 0.6) is 0 Å². The molecule has 0 spiro atoms. The first kappa shape index (κ1) is 18.2. The highest BCUT2D eigenvalue weighted by molar-refractivity contribution is 9.10.